The van der Waals surface area contributed by atoms with Crippen LogP contribution in [0.2, 0.25) is 0 Å². The molecule has 5 rings (SSSR count). The van der Waals surface area contributed by atoms with E-state index in [-0.39, 0.29) is 11.7 Å². The van der Waals surface area contributed by atoms with Crippen molar-refractivity contribution in [2.24, 2.45) is 7.05 Å². The zero-order valence-corrected chi connectivity index (χ0v) is 20.5. The highest BCUT2D eigenvalue weighted by Gasteiger charge is 2.24. The van der Waals surface area contributed by atoms with Crippen LogP contribution in [0.4, 0.5) is 5.69 Å². The maximum Gasteiger partial charge on any atom is 0.299 e. The first-order valence-electron chi connectivity index (χ1n) is 12.3. The van der Waals surface area contributed by atoms with E-state index in [0.29, 0.717) is 17.4 Å². The van der Waals surface area contributed by atoms with E-state index in [1.54, 1.807) is 19.3 Å². The molecule has 0 saturated carbocycles. The highest BCUT2D eigenvalue weighted by atomic mass is 16.5. The lowest BCUT2D eigenvalue weighted by Crippen LogP contribution is -2.44. The maximum absolute atomic E-state index is 12.5. The first-order valence-corrected chi connectivity index (χ1v) is 12.3. The van der Waals surface area contributed by atoms with E-state index in [9.17, 15) is 4.79 Å². The van der Waals surface area contributed by atoms with Crippen LogP contribution in [-0.4, -0.2) is 81.7 Å². The number of ether oxygens (including phenoxy) is 1. The predicted octanol–water partition coefficient (Wildman–Crippen LogP) is 2.03. The molecule has 2 aromatic heterocycles. The quantitative estimate of drug-likeness (QED) is 0.536. The first kappa shape index (κ1) is 23.4. The number of piperidine rings is 1. The summed E-state index contributed by atoms with van der Waals surface area (Å²) < 4.78 is 7.70. The minimum Gasteiger partial charge on any atom is -0.461 e. The summed E-state index contributed by atoms with van der Waals surface area (Å²) >= 11 is 0. The van der Waals surface area contributed by atoms with Crippen molar-refractivity contribution >= 4 is 5.69 Å². The van der Waals surface area contributed by atoms with E-state index in [2.05, 4.69) is 61.0 Å². The molecule has 2 fully saturated rings. The Kier molecular flexibility index (Phi) is 7.06. The van der Waals surface area contributed by atoms with Crippen molar-refractivity contribution in [1.29, 1.82) is 0 Å². The fourth-order valence-corrected chi connectivity index (χ4v) is 4.76. The molecule has 9 nitrogen and oxygen atoms in total. The standard InChI is InChI=1S/C26H33N7O2/c1-30-13-15-32(16-14-30)18-20-5-3-4-6-24(20)33-11-8-21(9-12-33)35-26-29-23(17-25(34)31(26)2)22-7-10-27-19-28-22/h3-7,10,17,19,21H,8-9,11-16,18H2,1-2H3. The molecule has 3 aromatic rings. The molecular weight excluding hydrogens is 442 g/mol. The number of benzene rings is 1. The molecule has 0 N–H and O–H groups in total. The summed E-state index contributed by atoms with van der Waals surface area (Å²) in [6, 6.07) is 12.3. The number of para-hydroxylation sites is 1. The molecule has 0 spiro atoms. The fourth-order valence-electron chi connectivity index (χ4n) is 4.76. The van der Waals surface area contributed by atoms with Crippen LogP contribution in [0.5, 0.6) is 6.01 Å². The Bertz CT molecular complexity index is 1180. The molecule has 0 atom stereocenters. The molecule has 0 unspecified atom stereocenters. The van der Waals surface area contributed by atoms with Crippen LogP contribution in [0.1, 0.15) is 18.4 Å². The molecule has 2 saturated heterocycles. The lowest BCUT2D eigenvalue weighted by atomic mass is 10.0. The van der Waals surface area contributed by atoms with Crippen LogP contribution < -0.4 is 15.2 Å². The van der Waals surface area contributed by atoms with Gasteiger partial charge in [0.05, 0.1) is 11.4 Å². The third-order valence-corrected chi connectivity index (χ3v) is 6.97. The molecule has 0 aliphatic carbocycles. The number of nitrogens with zero attached hydrogens (tertiary/aromatic N) is 7. The maximum atomic E-state index is 12.5. The highest BCUT2D eigenvalue weighted by Crippen LogP contribution is 2.27. The average Bonchev–Trinajstić information content (AvgIpc) is 2.89. The second-order valence-corrected chi connectivity index (χ2v) is 9.43. The van der Waals surface area contributed by atoms with E-state index in [4.69, 9.17) is 4.74 Å². The van der Waals surface area contributed by atoms with Gasteiger partial charge in [-0.1, -0.05) is 18.2 Å². The largest absolute Gasteiger partial charge is 0.461 e. The summed E-state index contributed by atoms with van der Waals surface area (Å²) in [5, 5.41) is 0. The Morgan fingerprint density at radius 1 is 0.971 bits per heavy atom. The molecule has 2 aliphatic heterocycles. The second kappa shape index (κ2) is 10.5. The van der Waals surface area contributed by atoms with Gasteiger partial charge in [0.2, 0.25) is 0 Å². The van der Waals surface area contributed by atoms with Crippen LogP contribution in [0.3, 0.4) is 0 Å². The number of hydrogen-bond donors (Lipinski definition) is 0. The smallest absolute Gasteiger partial charge is 0.299 e. The lowest BCUT2D eigenvalue weighted by molar-refractivity contribution is 0.146. The van der Waals surface area contributed by atoms with Gasteiger partial charge in [0, 0.05) is 83.7 Å². The van der Waals surface area contributed by atoms with Gasteiger partial charge >= 0.3 is 0 Å². The number of aromatic nitrogens is 4. The minimum absolute atomic E-state index is 0.00907. The van der Waals surface area contributed by atoms with E-state index < -0.39 is 0 Å². The summed E-state index contributed by atoms with van der Waals surface area (Å²) in [7, 11) is 3.88. The average molecular weight is 476 g/mol. The van der Waals surface area contributed by atoms with E-state index in [1.165, 1.54) is 28.2 Å². The van der Waals surface area contributed by atoms with Gasteiger partial charge in [-0.15, -0.1) is 0 Å². The summed E-state index contributed by atoms with van der Waals surface area (Å²) in [5.41, 5.74) is 3.65. The van der Waals surface area contributed by atoms with Crippen molar-refractivity contribution in [3.05, 3.63) is 64.8 Å². The van der Waals surface area contributed by atoms with Gasteiger partial charge in [-0.25, -0.2) is 9.97 Å². The van der Waals surface area contributed by atoms with Crippen LogP contribution in [-0.2, 0) is 13.6 Å². The van der Waals surface area contributed by atoms with Gasteiger partial charge in [0.15, 0.2) is 0 Å². The topological polar surface area (TPSA) is 79.6 Å². The van der Waals surface area contributed by atoms with Crippen molar-refractivity contribution in [2.45, 2.75) is 25.5 Å². The van der Waals surface area contributed by atoms with Gasteiger partial charge in [0.1, 0.15) is 12.4 Å². The van der Waals surface area contributed by atoms with E-state index in [1.807, 2.05) is 0 Å². The fraction of sp³-hybridized carbons (Fsp3) is 0.462. The third-order valence-electron chi connectivity index (χ3n) is 6.97. The third kappa shape index (κ3) is 5.52. The number of rotatable bonds is 6. The zero-order valence-electron chi connectivity index (χ0n) is 20.5. The van der Waals surface area contributed by atoms with Gasteiger partial charge in [-0.2, -0.15) is 4.98 Å². The SMILES string of the molecule is CN1CCN(Cc2ccccc2N2CCC(Oc3nc(-c4ccncn4)cc(=O)n3C)CC2)CC1. The molecule has 0 bridgehead atoms. The van der Waals surface area contributed by atoms with Gasteiger partial charge in [0.25, 0.3) is 11.6 Å². The molecule has 0 radical (unpaired) electrons. The summed E-state index contributed by atoms with van der Waals surface area (Å²) in [6.07, 6.45) is 4.84. The molecule has 9 heteroatoms. The molecule has 2 aliphatic rings. The summed E-state index contributed by atoms with van der Waals surface area (Å²) in [4.78, 5) is 32.7. The van der Waals surface area contributed by atoms with Crippen molar-refractivity contribution in [2.75, 3.05) is 51.2 Å². The van der Waals surface area contributed by atoms with Gasteiger partial charge < -0.3 is 14.5 Å². The minimum atomic E-state index is -0.168. The predicted molar refractivity (Wildman–Crippen MR) is 136 cm³/mol. The summed E-state index contributed by atoms with van der Waals surface area (Å²) in [6.45, 7) is 7.27. The highest BCUT2D eigenvalue weighted by molar-refractivity contribution is 5.54. The zero-order chi connectivity index (χ0) is 24.2. The second-order valence-electron chi connectivity index (χ2n) is 9.43. The number of anilines is 1. The number of likely N-dealkylation sites (N-methyl/N-ethyl adjacent to an activating group) is 1. The van der Waals surface area contributed by atoms with Crippen LogP contribution in [0, 0.1) is 0 Å². The molecule has 184 valence electrons. The van der Waals surface area contributed by atoms with Gasteiger partial charge in [-0.05, 0) is 24.7 Å². The summed E-state index contributed by atoms with van der Waals surface area (Å²) in [5.74, 6) is 0. The first-order chi connectivity index (χ1) is 17.1. The number of piperazine rings is 1. The molecule has 1 aromatic carbocycles. The van der Waals surface area contributed by atoms with Crippen molar-refractivity contribution < 1.29 is 4.74 Å². The Balaban J connectivity index is 1.24. The Morgan fingerprint density at radius 3 is 2.49 bits per heavy atom. The van der Waals surface area contributed by atoms with Crippen LogP contribution in [0.15, 0.2) is 53.7 Å². The molecule has 4 heterocycles. The van der Waals surface area contributed by atoms with Crippen molar-refractivity contribution in [3.8, 4) is 17.4 Å². The van der Waals surface area contributed by atoms with Crippen molar-refractivity contribution in [1.82, 2.24) is 29.3 Å². The lowest BCUT2D eigenvalue weighted by Gasteiger charge is -2.36. The van der Waals surface area contributed by atoms with Gasteiger partial charge in [-0.3, -0.25) is 14.3 Å². The monoisotopic (exact) mass is 475 g/mol. The molecular formula is C26H33N7O2. The normalized spacial score (nSPS) is 18.1. The Labute approximate surface area is 206 Å². The Morgan fingerprint density at radius 2 is 1.74 bits per heavy atom. The van der Waals surface area contributed by atoms with E-state index in [0.717, 1.165) is 58.7 Å². The molecule has 0 amide bonds. The number of hydrogen-bond acceptors (Lipinski definition) is 8. The van der Waals surface area contributed by atoms with Crippen LogP contribution in [0.25, 0.3) is 11.4 Å². The van der Waals surface area contributed by atoms with E-state index >= 15 is 0 Å². The van der Waals surface area contributed by atoms with Crippen molar-refractivity contribution in [3.63, 3.8) is 0 Å². The molecule has 35 heavy (non-hydrogen) atoms. The van der Waals surface area contributed by atoms with Crippen LogP contribution >= 0.6 is 0 Å². The Hall–Kier alpha value is -3.30.